The summed E-state index contributed by atoms with van der Waals surface area (Å²) in [7, 11) is 0. The lowest BCUT2D eigenvalue weighted by Crippen LogP contribution is -2.51. The van der Waals surface area contributed by atoms with Gasteiger partial charge in [-0.15, -0.1) is 0 Å². The Labute approximate surface area is 206 Å². The average Bonchev–Trinajstić information content (AvgIpc) is 3.12. The van der Waals surface area contributed by atoms with Crippen LogP contribution >= 0.6 is 12.6 Å². The Morgan fingerprint density at radius 1 is 1.12 bits per heavy atom. The molecule has 1 amide bonds. The first kappa shape index (κ1) is 25.3. The van der Waals surface area contributed by atoms with Crippen molar-refractivity contribution in [2.45, 2.75) is 90.2 Å². The van der Waals surface area contributed by atoms with E-state index in [1.165, 1.54) is 5.57 Å². The number of nitrogens with one attached hydrogen (secondary N) is 1. The van der Waals surface area contributed by atoms with Gasteiger partial charge in [0.2, 0.25) is 5.91 Å². The summed E-state index contributed by atoms with van der Waals surface area (Å²) in [4.78, 5) is 47.7. The zero-order chi connectivity index (χ0) is 24.7. The fraction of sp³-hybridized carbons (Fsp3) is 0.769. The molecule has 7 atom stereocenters. The number of fused-ring (bicyclic) bond motifs is 5. The van der Waals surface area contributed by atoms with Gasteiger partial charge in [0.1, 0.15) is 12.1 Å². The first-order valence-corrected chi connectivity index (χ1v) is 13.3. The Morgan fingerprint density at radius 2 is 1.88 bits per heavy atom. The summed E-state index contributed by atoms with van der Waals surface area (Å²) < 4.78 is 5.93. The van der Waals surface area contributed by atoms with E-state index in [-0.39, 0.29) is 41.3 Å². The van der Waals surface area contributed by atoms with Crippen LogP contribution in [0.25, 0.3) is 0 Å². The highest BCUT2D eigenvalue weighted by Crippen LogP contribution is 2.65. The zero-order valence-corrected chi connectivity index (χ0v) is 21.1. The third-order valence-corrected chi connectivity index (χ3v) is 9.89. The Balaban J connectivity index is 1.35. The molecule has 188 valence electrons. The third-order valence-electron chi connectivity index (χ3n) is 9.52. The highest BCUT2D eigenvalue weighted by Gasteiger charge is 2.59. The number of carboxylic acids is 1. The second-order valence-corrected chi connectivity index (χ2v) is 11.6. The van der Waals surface area contributed by atoms with E-state index in [1.807, 2.05) is 6.08 Å². The van der Waals surface area contributed by atoms with Gasteiger partial charge in [0.05, 0.1) is 6.42 Å². The second kappa shape index (κ2) is 9.67. The van der Waals surface area contributed by atoms with Crippen LogP contribution in [-0.2, 0) is 23.9 Å². The lowest BCUT2D eigenvalue weighted by atomic mass is 9.47. The van der Waals surface area contributed by atoms with Gasteiger partial charge in [-0.25, -0.2) is 4.79 Å². The van der Waals surface area contributed by atoms with E-state index in [4.69, 9.17) is 9.84 Å². The quantitative estimate of drug-likeness (QED) is 0.370. The molecule has 3 fully saturated rings. The minimum Gasteiger partial charge on any atom is -0.480 e. The van der Waals surface area contributed by atoms with Crippen LogP contribution in [0.3, 0.4) is 0 Å². The number of ketones is 1. The fourth-order valence-electron chi connectivity index (χ4n) is 7.59. The van der Waals surface area contributed by atoms with Gasteiger partial charge in [0.25, 0.3) is 0 Å². The summed E-state index contributed by atoms with van der Waals surface area (Å²) in [5.41, 5.74) is 1.43. The molecule has 0 aromatic rings. The van der Waals surface area contributed by atoms with Crippen molar-refractivity contribution in [3.63, 3.8) is 0 Å². The smallest absolute Gasteiger partial charge is 0.327 e. The van der Waals surface area contributed by atoms with Gasteiger partial charge in [-0.3, -0.25) is 14.4 Å². The number of amides is 1. The van der Waals surface area contributed by atoms with E-state index in [0.717, 1.165) is 44.9 Å². The van der Waals surface area contributed by atoms with Crippen molar-refractivity contribution in [2.75, 3.05) is 5.75 Å². The molecule has 4 rings (SSSR count). The van der Waals surface area contributed by atoms with Crippen LogP contribution in [0.2, 0.25) is 0 Å². The van der Waals surface area contributed by atoms with Gasteiger partial charge in [-0.1, -0.05) is 19.4 Å². The number of carbonyl (C=O) groups excluding carboxylic acids is 3. The van der Waals surface area contributed by atoms with Crippen LogP contribution in [0.5, 0.6) is 0 Å². The normalized spacial score (nSPS) is 37.5. The zero-order valence-electron chi connectivity index (χ0n) is 20.2. The topological polar surface area (TPSA) is 110 Å². The Bertz CT molecular complexity index is 902. The summed E-state index contributed by atoms with van der Waals surface area (Å²) in [6.07, 6.45) is 9.34. The van der Waals surface area contributed by atoms with Gasteiger partial charge in [-0.05, 0) is 74.2 Å². The largest absolute Gasteiger partial charge is 0.480 e. The highest BCUT2D eigenvalue weighted by atomic mass is 32.1. The molecule has 0 heterocycles. The summed E-state index contributed by atoms with van der Waals surface area (Å²) in [5.74, 6) is -0.0724. The Morgan fingerprint density at radius 3 is 2.59 bits per heavy atom. The van der Waals surface area contributed by atoms with Gasteiger partial charge in [0.15, 0.2) is 5.78 Å². The van der Waals surface area contributed by atoms with E-state index >= 15 is 0 Å². The van der Waals surface area contributed by atoms with E-state index in [9.17, 15) is 19.2 Å². The van der Waals surface area contributed by atoms with Crippen LogP contribution in [-0.4, -0.2) is 46.6 Å². The van der Waals surface area contributed by atoms with Crippen molar-refractivity contribution >= 4 is 36.3 Å². The number of rotatable bonds is 7. The van der Waals surface area contributed by atoms with Crippen LogP contribution in [0.4, 0.5) is 0 Å². The predicted octanol–water partition coefficient (Wildman–Crippen LogP) is 3.71. The lowest BCUT2D eigenvalue weighted by Gasteiger charge is -2.57. The van der Waals surface area contributed by atoms with Gasteiger partial charge in [0, 0.05) is 24.0 Å². The molecule has 0 radical (unpaired) electrons. The van der Waals surface area contributed by atoms with Crippen molar-refractivity contribution in [1.82, 2.24) is 5.32 Å². The molecule has 34 heavy (non-hydrogen) atoms. The molecule has 5 unspecified atom stereocenters. The molecular formula is C26H37NO6S. The van der Waals surface area contributed by atoms with Crippen LogP contribution in [0.1, 0.15) is 78.1 Å². The van der Waals surface area contributed by atoms with Crippen molar-refractivity contribution in [3.8, 4) is 0 Å². The van der Waals surface area contributed by atoms with E-state index in [1.54, 1.807) is 0 Å². The summed E-state index contributed by atoms with van der Waals surface area (Å²) in [6.45, 7) is 4.64. The highest BCUT2D eigenvalue weighted by molar-refractivity contribution is 7.80. The van der Waals surface area contributed by atoms with E-state index in [0.29, 0.717) is 24.2 Å². The maximum Gasteiger partial charge on any atom is 0.327 e. The number of thiol groups is 1. The summed E-state index contributed by atoms with van der Waals surface area (Å²) >= 11 is 3.93. The number of hydrogen-bond donors (Lipinski definition) is 3. The number of hydrogen-bond acceptors (Lipinski definition) is 6. The van der Waals surface area contributed by atoms with Gasteiger partial charge in [-0.2, -0.15) is 12.6 Å². The van der Waals surface area contributed by atoms with Crippen LogP contribution < -0.4 is 5.32 Å². The molecule has 3 saturated carbocycles. The van der Waals surface area contributed by atoms with Crippen molar-refractivity contribution in [1.29, 1.82) is 0 Å². The summed E-state index contributed by atoms with van der Waals surface area (Å²) in [6, 6.07) is -1.06. The third kappa shape index (κ3) is 4.54. The number of allylic oxidation sites excluding steroid dienone is 1. The van der Waals surface area contributed by atoms with Crippen molar-refractivity contribution < 1.29 is 29.0 Å². The second-order valence-electron chi connectivity index (χ2n) is 11.2. The minimum absolute atomic E-state index is 0.0118. The molecule has 4 aliphatic rings. The predicted molar refractivity (Wildman–Crippen MR) is 129 cm³/mol. The number of carbonyl (C=O) groups is 4. The summed E-state index contributed by atoms with van der Waals surface area (Å²) in [5, 5.41) is 11.4. The fourth-order valence-corrected chi connectivity index (χ4v) is 7.84. The first-order valence-electron chi connectivity index (χ1n) is 12.6. The van der Waals surface area contributed by atoms with Gasteiger partial charge < -0.3 is 15.2 Å². The molecular weight excluding hydrogens is 454 g/mol. The standard InChI is InChI=1S/C26H37NO6S/c1-25-11-9-16(28)13-15(25)3-4-17-18-5-6-21(26(18,2)12-10-19(17)25)33-23(30)8-7-22(29)27-20(14-34)24(31)32/h13,17-21,34H,3-12,14H2,1-2H3,(H,27,29)(H,31,32)/t17?,18?,19?,20?,21?,25-,26-/m1/s1. The molecule has 0 aromatic heterocycles. The molecule has 8 heteroatoms. The number of carboxylic acid groups (broad SMARTS) is 1. The molecule has 7 nitrogen and oxygen atoms in total. The van der Waals surface area contributed by atoms with E-state index in [2.05, 4.69) is 31.8 Å². The molecule has 2 N–H and O–H groups in total. The van der Waals surface area contributed by atoms with Crippen molar-refractivity contribution in [3.05, 3.63) is 11.6 Å². The van der Waals surface area contributed by atoms with Crippen LogP contribution in [0.15, 0.2) is 11.6 Å². The SMILES string of the molecule is C[C@@]12CCC3C(CCC4=CC(=O)CC[C@]43C)C1CCC2OC(=O)CCC(=O)NC(CS)C(=O)O. The minimum atomic E-state index is -1.15. The maximum atomic E-state index is 12.6. The van der Waals surface area contributed by atoms with Gasteiger partial charge >= 0.3 is 11.9 Å². The van der Waals surface area contributed by atoms with Crippen molar-refractivity contribution in [2.24, 2.45) is 28.6 Å². The Hall–Kier alpha value is -1.83. The number of aliphatic carboxylic acids is 1. The molecule has 0 saturated heterocycles. The lowest BCUT2D eigenvalue weighted by molar-refractivity contribution is -0.160. The molecule has 0 aliphatic heterocycles. The Kier molecular flexibility index (Phi) is 7.19. The number of esters is 1. The monoisotopic (exact) mass is 491 g/mol. The van der Waals surface area contributed by atoms with Crippen LogP contribution in [0, 0.1) is 28.6 Å². The molecule has 0 bridgehead atoms. The molecule has 4 aliphatic carbocycles. The molecule has 0 spiro atoms. The maximum absolute atomic E-state index is 12.6. The first-order chi connectivity index (χ1) is 16.1. The average molecular weight is 492 g/mol. The van der Waals surface area contributed by atoms with E-state index < -0.39 is 23.9 Å². The molecule has 0 aromatic carbocycles. The number of ether oxygens (including phenoxy) is 1.